The van der Waals surface area contributed by atoms with Gasteiger partial charge in [0.2, 0.25) is 0 Å². The quantitative estimate of drug-likeness (QED) is 0.826. The second kappa shape index (κ2) is 7.16. The zero-order chi connectivity index (χ0) is 18.8. The van der Waals surface area contributed by atoms with Crippen LogP contribution in [0.5, 0.6) is 0 Å². The van der Waals surface area contributed by atoms with Crippen LogP contribution >= 0.6 is 0 Å². The molecule has 0 bridgehead atoms. The van der Waals surface area contributed by atoms with E-state index >= 15 is 0 Å². The largest absolute Gasteiger partial charge is 0.350 e. The van der Waals surface area contributed by atoms with Crippen LogP contribution in [0, 0.1) is 19.8 Å². The number of benzene rings is 2. The average Bonchev–Trinajstić information content (AvgIpc) is 2.82. The van der Waals surface area contributed by atoms with Crippen LogP contribution in [-0.4, -0.2) is 23.3 Å². The van der Waals surface area contributed by atoms with Gasteiger partial charge in [-0.15, -0.1) is 0 Å². The van der Waals surface area contributed by atoms with Crippen molar-refractivity contribution < 1.29 is 9.59 Å². The first kappa shape index (κ1) is 17.9. The molecule has 1 N–H and O–H groups in total. The summed E-state index contributed by atoms with van der Waals surface area (Å²) in [5.74, 6) is -0.286. The highest BCUT2D eigenvalue weighted by Gasteiger charge is 2.39. The highest BCUT2D eigenvalue weighted by Crippen LogP contribution is 2.31. The third-order valence-electron chi connectivity index (χ3n) is 4.55. The van der Waals surface area contributed by atoms with E-state index in [9.17, 15) is 9.59 Å². The van der Waals surface area contributed by atoms with E-state index in [2.05, 4.69) is 5.32 Å². The van der Waals surface area contributed by atoms with Crippen molar-refractivity contribution in [3.8, 4) is 0 Å². The number of anilines is 1. The third-order valence-corrected chi connectivity index (χ3v) is 4.55. The third kappa shape index (κ3) is 3.40. The summed E-state index contributed by atoms with van der Waals surface area (Å²) in [6.07, 6.45) is 0. The number of nitrogens with zero attached hydrogens (tertiary/aromatic N) is 1. The van der Waals surface area contributed by atoms with Crippen molar-refractivity contribution in [1.82, 2.24) is 4.90 Å². The maximum absolute atomic E-state index is 13.1. The molecule has 2 amide bonds. The molecule has 4 heteroatoms. The fourth-order valence-corrected chi connectivity index (χ4v) is 3.05. The van der Waals surface area contributed by atoms with Crippen molar-refractivity contribution in [3.05, 3.63) is 70.9 Å². The van der Waals surface area contributed by atoms with Gasteiger partial charge in [-0.3, -0.25) is 14.5 Å². The molecule has 1 aliphatic heterocycles. The van der Waals surface area contributed by atoms with Crippen LogP contribution < -0.4 is 5.32 Å². The Kier molecular flexibility index (Phi) is 4.94. The fraction of sp³-hybridized carbons (Fsp3) is 0.273. The molecule has 0 atom stereocenters. The number of nitrogens with one attached hydrogen (secondary N) is 1. The molecule has 0 aliphatic carbocycles. The number of hydrogen-bond acceptors (Lipinski definition) is 3. The molecule has 2 aromatic rings. The Bertz CT molecular complexity index is 882. The van der Waals surface area contributed by atoms with E-state index in [0.717, 1.165) is 22.4 Å². The Hall–Kier alpha value is -2.88. The molecule has 1 heterocycles. The number of rotatable bonds is 5. The van der Waals surface area contributed by atoms with Crippen molar-refractivity contribution >= 4 is 23.1 Å². The smallest absolute Gasteiger partial charge is 0.278 e. The minimum absolute atomic E-state index is 0.208. The Morgan fingerprint density at radius 2 is 1.62 bits per heavy atom. The van der Waals surface area contributed by atoms with Gasteiger partial charge in [-0.2, -0.15) is 0 Å². The number of carbonyl (C=O) groups is 2. The number of hydrogen-bond donors (Lipinski definition) is 1. The van der Waals surface area contributed by atoms with Gasteiger partial charge in [0.15, 0.2) is 0 Å². The second-order valence-corrected chi connectivity index (χ2v) is 7.15. The highest BCUT2D eigenvalue weighted by molar-refractivity contribution is 6.36. The van der Waals surface area contributed by atoms with Gasteiger partial charge >= 0.3 is 0 Å². The molecule has 0 saturated carbocycles. The molecule has 0 aromatic heterocycles. The summed E-state index contributed by atoms with van der Waals surface area (Å²) >= 11 is 0. The normalized spacial score (nSPS) is 14.6. The zero-order valence-electron chi connectivity index (χ0n) is 15.7. The summed E-state index contributed by atoms with van der Waals surface area (Å²) < 4.78 is 0. The van der Waals surface area contributed by atoms with Crippen molar-refractivity contribution in [1.29, 1.82) is 0 Å². The topological polar surface area (TPSA) is 49.4 Å². The van der Waals surface area contributed by atoms with Crippen molar-refractivity contribution in [2.24, 2.45) is 5.92 Å². The molecule has 0 radical (unpaired) electrons. The van der Waals surface area contributed by atoms with Crippen molar-refractivity contribution in [3.63, 3.8) is 0 Å². The van der Waals surface area contributed by atoms with E-state index in [1.165, 1.54) is 4.90 Å². The Balaban J connectivity index is 2.09. The summed E-state index contributed by atoms with van der Waals surface area (Å²) in [6, 6.07) is 15.3. The van der Waals surface area contributed by atoms with Crippen LogP contribution in [0.1, 0.15) is 30.5 Å². The van der Waals surface area contributed by atoms with Crippen molar-refractivity contribution in [2.75, 3.05) is 11.9 Å². The van der Waals surface area contributed by atoms with Gasteiger partial charge in [0.1, 0.15) is 5.70 Å². The lowest BCUT2D eigenvalue weighted by molar-refractivity contribution is -0.137. The van der Waals surface area contributed by atoms with Gasteiger partial charge in [-0.05, 0) is 48.6 Å². The Labute approximate surface area is 154 Å². The molecular formula is C22H24N2O2. The minimum atomic E-state index is -0.263. The van der Waals surface area contributed by atoms with E-state index in [0.29, 0.717) is 17.8 Å². The molecule has 0 unspecified atom stereocenters. The zero-order valence-corrected chi connectivity index (χ0v) is 15.7. The molecule has 3 rings (SSSR count). The summed E-state index contributed by atoms with van der Waals surface area (Å²) in [6.45, 7) is 8.45. The number of amides is 2. The summed E-state index contributed by atoms with van der Waals surface area (Å²) in [7, 11) is 0. The molecule has 0 fully saturated rings. The first-order valence-electron chi connectivity index (χ1n) is 8.88. The molecule has 26 heavy (non-hydrogen) atoms. The van der Waals surface area contributed by atoms with Gasteiger partial charge < -0.3 is 5.32 Å². The SMILES string of the molecule is Cc1ccc(C2=C(Nc3ccccc3)C(=O)N(CC(C)C)C2=O)cc1C. The first-order chi connectivity index (χ1) is 12.4. The van der Waals surface area contributed by atoms with E-state index in [-0.39, 0.29) is 17.7 Å². The number of imide groups is 1. The molecule has 0 spiro atoms. The summed E-state index contributed by atoms with van der Waals surface area (Å²) in [4.78, 5) is 27.4. The lowest BCUT2D eigenvalue weighted by atomic mass is 9.99. The predicted molar refractivity (Wildman–Crippen MR) is 104 cm³/mol. The van der Waals surface area contributed by atoms with Gasteiger partial charge in [0, 0.05) is 12.2 Å². The molecule has 0 saturated heterocycles. The van der Waals surface area contributed by atoms with Crippen LogP contribution in [0.15, 0.2) is 54.2 Å². The van der Waals surface area contributed by atoms with Crippen LogP contribution in [0.3, 0.4) is 0 Å². The fourth-order valence-electron chi connectivity index (χ4n) is 3.05. The van der Waals surface area contributed by atoms with Crippen LogP contribution in [-0.2, 0) is 9.59 Å². The molecule has 2 aromatic carbocycles. The molecule has 4 nitrogen and oxygen atoms in total. The maximum Gasteiger partial charge on any atom is 0.278 e. The van der Waals surface area contributed by atoms with Crippen LogP contribution in [0.25, 0.3) is 5.57 Å². The Morgan fingerprint density at radius 3 is 2.23 bits per heavy atom. The summed E-state index contributed by atoms with van der Waals surface area (Å²) in [5.41, 5.74) is 4.61. The molecule has 134 valence electrons. The van der Waals surface area contributed by atoms with Gasteiger partial charge in [0.05, 0.1) is 5.57 Å². The van der Waals surface area contributed by atoms with Crippen LogP contribution in [0.2, 0.25) is 0 Å². The standard InChI is InChI=1S/C22H24N2O2/c1-14(2)13-24-21(25)19(17-11-10-15(3)16(4)12-17)20(22(24)26)23-18-8-6-5-7-9-18/h5-12,14,23H,13H2,1-4H3. The number of carbonyl (C=O) groups excluding carboxylic acids is 2. The number of para-hydroxylation sites is 1. The van der Waals surface area contributed by atoms with Crippen molar-refractivity contribution in [2.45, 2.75) is 27.7 Å². The summed E-state index contributed by atoms with van der Waals surface area (Å²) in [5, 5.41) is 3.17. The molecule has 1 aliphatic rings. The highest BCUT2D eigenvalue weighted by atomic mass is 16.2. The van der Waals surface area contributed by atoms with Crippen LogP contribution in [0.4, 0.5) is 5.69 Å². The monoisotopic (exact) mass is 348 g/mol. The lowest BCUT2D eigenvalue weighted by Crippen LogP contribution is -2.35. The number of aryl methyl sites for hydroxylation is 2. The van der Waals surface area contributed by atoms with Gasteiger partial charge in [-0.25, -0.2) is 0 Å². The van der Waals surface area contributed by atoms with E-state index in [1.54, 1.807) is 0 Å². The van der Waals surface area contributed by atoms with E-state index in [4.69, 9.17) is 0 Å². The van der Waals surface area contributed by atoms with Gasteiger partial charge in [0.25, 0.3) is 11.8 Å². The maximum atomic E-state index is 13.1. The molecular weight excluding hydrogens is 324 g/mol. The lowest BCUT2D eigenvalue weighted by Gasteiger charge is -2.17. The second-order valence-electron chi connectivity index (χ2n) is 7.15. The predicted octanol–water partition coefficient (Wildman–Crippen LogP) is 4.15. The van der Waals surface area contributed by atoms with Gasteiger partial charge in [-0.1, -0.05) is 50.2 Å². The Morgan fingerprint density at radius 1 is 0.923 bits per heavy atom. The van der Waals surface area contributed by atoms with E-state index < -0.39 is 0 Å². The average molecular weight is 348 g/mol. The minimum Gasteiger partial charge on any atom is -0.350 e. The van der Waals surface area contributed by atoms with E-state index in [1.807, 2.05) is 76.2 Å². The first-order valence-corrected chi connectivity index (χ1v) is 8.88.